The molecule has 8 heteroatoms. The minimum Gasteiger partial charge on any atom is -0.334 e. The standard InChI is InChI=1S/C16H17F3N4O/c17-13-3-1-11(2-4-13)14-12(10-21-22-14)9-20-15(24)23-7-5-16(18,19)6-8-23/h1-4,10H,5-9H2,(H,20,24)(H,21,22). The fraction of sp³-hybridized carbons (Fsp3) is 0.375. The van der Waals surface area contributed by atoms with E-state index in [4.69, 9.17) is 0 Å². The number of hydrogen-bond donors (Lipinski definition) is 2. The summed E-state index contributed by atoms with van der Waals surface area (Å²) in [6.45, 7) is 0.277. The number of halogens is 3. The van der Waals surface area contributed by atoms with E-state index >= 15 is 0 Å². The van der Waals surface area contributed by atoms with Crippen LogP contribution in [0, 0.1) is 5.82 Å². The molecule has 1 fully saturated rings. The van der Waals surface area contributed by atoms with Gasteiger partial charge in [0.2, 0.25) is 0 Å². The molecule has 5 nitrogen and oxygen atoms in total. The van der Waals surface area contributed by atoms with Gasteiger partial charge in [0, 0.05) is 43.6 Å². The predicted octanol–water partition coefficient (Wildman–Crippen LogP) is 3.16. The van der Waals surface area contributed by atoms with Gasteiger partial charge in [0.05, 0.1) is 11.9 Å². The Morgan fingerprint density at radius 1 is 1.25 bits per heavy atom. The number of aromatic nitrogens is 2. The van der Waals surface area contributed by atoms with Crippen molar-refractivity contribution in [2.45, 2.75) is 25.3 Å². The minimum absolute atomic E-state index is 0.0367. The SMILES string of the molecule is O=C(NCc1cn[nH]c1-c1ccc(F)cc1)N1CCC(F)(F)CC1. The number of alkyl halides is 2. The molecule has 0 unspecified atom stereocenters. The molecule has 0 atom stereocenters. The van der Waals surface area contributed by atoms with Crippen molar-refractivity contribution in [1.82, 2.24) is 20.4 Å². The quantitative estimate of drug-likeness (QED) is 0.903. The first-order chi connectivity index (χ1) is 11.4. The van der Waals surface area contributed by atoms with Crippen LogP contribution in [0.1, 0.15) is 18.4 Å². The first kappa shape index (κ1) is 16.4. The average Bonchev–Trinajstić information content (AvgIpc) is 3.02. The van der Waals surface area contributed by atoms with Crippen LogP contribution in [0.5, 0.6) is 0 Å². The van der Waals surface area contributed by atoms with E-state index in [2.05, 4.69) is 15.5 Å². The topological polar surface area (TPSA) is 61.0 Å². The average molecular weight is 338 g/mol. The maximum absolute atomic E-state index is 13.1. The summed E-state index contributed by atoms with van der Waals surface area (Å²) in [4.78, 5) is 13.5. The summed E-state index contributed by atoms with van der Waals surface area (Å²) >= 11 is 0. The first-order valence-corrected chi connectivity index (χ1v) is 7.63. The Kier molecular flexibility index (Phi) is 4.46. The molecular formula is C16H17F3N4O. The highest BCUT2D eigenvalue weighted by atomic mass is 19.3. The number of carbonyl (C=O) groups is 1. The number of likely N-dealkylation sites (tertiary alicyclic amines) is 1. The Balaban J connectivity index is 1.61. The van der Waals surface area contributed by atoms with Crippen LogP contribution in [0.3, 0.4) is 0 Å². The van der Waals surface area contributed by atoms with E-state index in [0.717, 1.165) is 11.1 Å². The zero-order valence-electron chi connectivity index (χ0n) is 12.9. The lowest BCUT2D eigenvalue weighted by molar-refractivity contribution is -0.0469. The lowest BCUT2D eigenvalue weighted by Crippen LogP contribution is -2.47. The molecule has 2 heterocycles. The van der Waals surface area contributed by atoms with E-state index in [0.29, 0.717) is 5.69 Å². The van der Waals surface area contributed by atoms with Crippen molar-refractivity contribution in [2.24, 2.45) is 0 Å². The van der Waals surface area contributed by atoms with Gasteiger partial charge in [-0.1, -0.05) is 0 Å². The van der Waals surface area contributed by atoms with E-state index < -0.39 is 5.92 Å². The number of rotatable bonds is 3. The van der Waals surface area contributed by atoms with Crippen LogP contribution in [-0.4, -0.2) is 40.1 Å². The van der Waals surface area contributed by atoms with Crippen LogP contribution in [0.2, 0.25) is 0 Å². The van der Waals surface area contributed by atoms with Crippen molar-refractivity contribution < 1.29 is 18.0 Å². The second kappa shape index (κ2) is 6.54. The van der Waals surface area contributed by atoms with Gasteiger partial charge in [-0.05, 0) is 24.3 Å². The summed E-state index contributed by atoms with van der Waals surface area (Å²) in [5.74, 6) is -3.02. The fourth-order valence-electron chi connectivity index (χ4n) is 2.63. The van der Waals surface area contributed by atoms with Gasteiger partial charge in [-0.3, -0.25) is 5.10 Å². The van der Waals surface area contributed by atoms with E-state index in [1.807, 2.05) is 0 Å². The summed E-state index contributed by atoms with van der Waals surface area (Å²) in [6, 6.07) is 5.53. The van der Waals surface area contributed by atoms with Crippen molar-refractivity contribution >= 4 is 6.03 Å². The normalized spacial score (nSPS) is 16.9. The zero-order chi connectivity index (χ0) is 17.2. The van der Waals surface area contributed by atoms with Crippen molar-refractivity contribution in [1.29, 1.82) is 0 Å². The highest BCUT2D eigenvalue weighted by Gasteiger charge is 2.35. The number of carbonyl (C=O) groups excluding carboxylic acids is 1. The Bertz CT molecular complexity index is 704. The molecule has 24 heavy (non-hydrogen) atoms. The summed E-state index contributed by atoms with van der Waals surface area (Å²) < 4.78 is 39.2. The number of nitrogens with zero attached hydrogens (tertiary/aromatic N) is 2. The fourth-order valence-corrected chi connectivity index (χ4v) is 2.63. The van der Waals surface area contributed by atoms with Gasteiger partial charge in [-0.2, -0.15) is 5.10 Å². The maximum atomic E-state index is 13.1. The maximum Gasteiger partial charge on any atom is 0.317 e. The predicted molar refractivity (Wildman–Crippen MR) is 82.0 cm³/mol. The van der Waals surface area contributed by atoms with Gasteiger partial charge >= 0.3 is 6.03 Å². The molecule has 0 saturated carbocycles. The van der Waals surface area contributed by atoms with Gasteiger partial charge in [0.25, 0.3) is 5.92 Å². The van der Waals surface area contributed by atoms with Crippen LogP contribution in [0.4, 0.5) is 18.0 Å². The van der Waals surface area contributed by atoms with Crippen LogP contribution in [-0.2, 0) is 6.54 Å². The Hall–Kier alpha value is -2.51. The third kappa shape index (κ3) is 3.69. The van der Waals surface area contributed by atoms with Crippen LogP contribution < -0.4 is 5.32 Å². The summed E-state index contributed by atoms with van der Waals surface area (Å²) in [7, 11) is 0. The monoisotopic (exact) mass is 338 g/mol. The van der Waals surface area contributed by atoms with Gasteiger partial charge in [0.15, 0.2) is 0 Å². The van der Waals surface area contributed by atoms with Crippen LogP contribution >= 0.6 is 0 Å². The van der Waals surface area contributed by atoms with Crippen molar-refractivity contribution in [3.63, 3.8) is 0 Å². The molecule has 1 aliphatic rings. The molecule has 3 rings (SSSR count). The lowest BCUT2D eigenvalue weighted by atomic mass is 10.1. The zero-order valence-corrected chi connectivity index (χ0v) is 12.9. The summed E-state index contributed by atoms with van der Waals surface area (Å²) in [5.41, 5.74) is 2.16. The second-order valence-electron chi connectivity index (χ2n) is 5.78. The van der Waals surface area contributed by atoms with Crippen molar-refractivity contribution in [3.05, 3.63) is 41.8 Å². The molecular weight excluding hydrogens is 321 g/mol. The number of urea groups is 1. The summed E-state index contributed by atoms with van der Waals surface area (Å²) in [6.07, 6.45) is 0.948. The van der Waals surface area contributed by atoms with E-state index in [9.17, 15) is 18.0 Å². The van der Waals surface area contributed by atoms with Gasteiger partial charge in [-0.15, -0.1) is 0 Å². The molecule has 2 amide bonds. The van der Waals surface area contributed by atoms with Crippen LogP contribution in [0.25, 0.3) is 11.3 Å². The smallest absolute Gasteiger partial charge is 0.317 e. The molecule has 0 radical (unpaired) electrons. The molecule has 1 aliphatic heterocycles. The number of amides is 2. The molecule has 0 spiro atoms. The molecule has 1 aromatic heterocycles. The van der Waals surface area contributed by atoms with Crippen molar-refractivity contribution in [3.8, 4) is 11.3 Å². The van der Waals surface area contributed by atoms with Crippen LogP contribution in [0.15, 0.2) is 30.5 Å². The van der Waals surface area contributed by atoms with Gasteiger partial charge in [-0.25, -0.2) is 18.0 Å². The molecule has 2 N–H and O–H groups in total. The molecule has 1 aromatic carbocycles. The Morgan fingerprint density at radius 3 is 2.58 bits per heavy atom. The lowest BCUT2D eigenvalue weighted by Gasteiger charge is -2.31. The third-order valence-corrected chi connectivity index (χ3v) is 4.06. The van der Waals surface area contributed by atoms with Gasteiger partial charge < -0.3 is 10.2 Å². The number of H-pyrrole nitrogens is 1. The second-order valence-corrected chi connectivity index (χ2v) is 5.78. The Labute approximate surface area is 136 Å². The largest absolute Gasteiger partial charge is 0.334 e. The molecule has 128 valence electrons. The minimum atomic E-state index is -2.68. The van der Waals surface area contributed by atoms with Gasteiger partial charge in [0.1, 0.15) is 5.82 Å². The number of aromatic amines is 1. The van der Waals surface area contributed by atoms with E-state index in [1.54, 1.807) is 18.3 Å². The molecule has 1 saturated heterocycles. The van der Waals surface area contributed by atoms with Crippen molar-refractivity contribution in [2.75, 3.05) is 13.1 Å². The number of nitrogens with one attached hydrogen (secondary N) is 2. The molecule has 0 bridgehead atoms. The highest BCUT2D eigenvalue weighted by molar-refractivity contribution is 5.74. The van der Waals surface area contributed by atoms with E-state index in [1.165, 1.54) is 17.0 Å². The highest BCUT2D eigenvalue weighted by Crippen LogP contribution is 2.27. The number of benzene rings is 1. The number of hydrogen-bond acceptors (Lipinski definition) is 2. The Morgan fingerprint density at radius 2 is 1.92 bits per heavy atom. The molecule has 0 aliphatic carbocycles. The molecule has 2 aromatic rings. The van der Waals surface area contributed by atoms with E-state index in [-0.39, 0.29) is 44.3 Å². The number of piperidine rings is 1. The third-order valence-electron chi connectivity index (χ3n) is 4.06. The summed E-state index contributed by atoms with van der Waals surface area (Å²) in [5, 5.41) is 9.48. The first-order valence-electron chi connectivity index (χ1n) is 7.63.